The van der Waals surface area contributed by atoms with E-state index in [2.05, 4.69) is 10.4 Å². The molecule has 0 spiro atoms. The molecule has 0 saturated carbocycles. The van der Waals surface area contributed by atoms with Gasteiger partial charge in [0, 0.05) is 22.7 Å². The fourth-order valence-corrected chi connectivity index (χ4v) is 3.11. The number of carbonyl (C=O) groups is 1. The number of hydrogen-bond donors (Lipinski definition) is 1. The average molecular weight is 412 g/mol. The van der Waals surface area contributed by atoms with Crippen LogP contribution in [0.4, 0.5) is 5.69 Å². The smallest absolute Gasteiger partial charge is 0.271 e. The van der Waals surface area contributed by atoms with E-state index >= 15 is 0 Å². The number of amides is 1. The lowest BCUT2D eigenvalue weighted by molar-refractivity contribution is -0.119. The molecule has 0 saturated heterocycles. The Kier molecular flexibility index (Phi) is 6.34. The minimum absolute atomic E-state index is 0.294. The van der Waals surface area contributed by atoms with E-state index in [4.69, 9.17) is 16.3 Å². The van der Waals surface area contributed by atoms with Crippen molar-refractivity contribution < 1.29 is 9.53 Å². The minimum Gasteiger partial charge on any atom is -0.497 e. The summed E-state index contributed by atoms with van der Waals surface area (Å²) in [6, 6.07) is 15.3. The molecule has 0 unspecified atom stereocenters. The maximum absolute atomic E-state index is 13.0. The van der Waals surface area contributed by atoms with Gasteiger partial charge in [-0.1, -0.05) is 23.7 Å². The molecule has 3 aromatic rings. The number of methoxy groups -OCH3 is 1. The summed E-state index contributed by atoms with van der Waals surface area (Å²) >= 11 is 5.87. The maximum atomic E-state index is 13.0. The van der Waals surface area contributed by atoms with Gasteiger partial charge in [0.15, 0.2) is 0 Å². The zero-order valence-electron chi connectivity index (χ0n) is 16.5. The molecule has 1 atom stereocenters. The standard InChI is InChI=1S/C22H22ClN3O3/c1-14-11-17(12-16-5-4-6-20(13-16)29-3)22(28)26(25-14)15(2)21(27)24-19-9-7-18(23)8-10-19/h4-11,13,15H,12H2,1-3H3,(H,24,27)/t15-/m1/s1. The SMILES string of the molecule is COc1cccc(Cc2cc(C)nn([C@H](C)C(=O)Nc3ccc(Cl)cc3)c2=O)c1. The minimum atomic E-state index is -0.776. The third-order valence-corrected chi connectivity index (χ3v) is 4.77. The highest BCUT2D eigenvalue weighted by atomic mass is 35.5. The van der Waals surface area contributed by atoms with Gasteiger partial charge in [-0.05, 0) is 61.9 Å². The first kappa shape index (κ1) is 20.6. The van der Waals surface area contributed by atoms with Crippen molar-refractivity contribution in [1.82, 2.24) is 9.78 Å². The molecule has 1 N–H and O–H groups in total. The van der Waals surface area contributed by atoms with Crippen molar-refractivity contribution in [2.45, 2.75) is 26.3 Å². The van der Waals surface area contributed by atoms with E-state index in [0.717, 1.165) is 11.3 Å². The summed E-state index contributed by atoms with van der Waals surface area (Å²) in [6.45, 7) is 3.45. The Hall–Kier alpha value is -3.12. The van der Waals surface area contributed by atoms with Crippen LogP contribution in [-0.2, 0) is 11.2 Å². The zero-order valence-corrected chi connectivity index (χ0v) is 17.2. The number of nitrogens with one attached hydrogen (secondary N) is 1. The van der Waals surface area contributed by atoms with Gasteiger partial charge in [-0.2, -0.15) is 5.10 Å². The highest BCUT2D eigenvalue weighted by Crippen LogP contribution is 2.17. The molecule has 2 aromatic carbocycles. The van der Waals surface area contributed by atoms with E-state index < -0.39 is 6.04 Å². The highest BCUT2D eigenvalue weighted by Gasteiger charge is 2.20. The molecule has 0 aliphatic carbocycles. The van der Waals surface area contributed by atoms with Crippen molar-refractivity contribution in [3.63, 3.8) is 0 Å². The molecule has 7 heteroatoms. The van der Waals surface area contributed by atoms with Crippen molar-refractivity contribution in [3.05, 3.63) is 86.8 Å². The van der Waals surface area contributed by atoms with Crippen LogP contribution in [0.1, 0.15) is 29.8 Å². The van der Waals surface area contributed by atoms with Gasteiger partial charge >= 0.3 is 0 Å². The normalized spacial score (nSPS) is 11.7. The Balaban J connectivity index is 1.86. The van der Waals surface area contributed by atoms with Gasteiger partial charge in [0.2, 0.25) is 5.91 Å². The van der Waals surface area contributed by atoms with Gasteiger partial charge in [-0.15, -0.1) is 0 Å². The van der Waals surface area contributed by atoms with E-state index in [9.17, 15) is 9.59 Å². The Bertz CT molecular complexity index is 1080. The molecule has 0 bridgehead atoms. The Morgan fingerprint density at radius 3 is 2.62 bits per heavy atom. The largest absolute Gasteiger partial charge is 0.497 e. The van der Waals surface area contributed by atoms with E-state index in [1.807, 2.05) is 24.3 Å². The van der Waals surface area contributed by atoms with E-state index in [0.29, 0.717) is 28.4 Å². The fourth-order valence-electron chi connectivity index (χ4n) is 2.99. The second-order valence-electron chi connectivity index (χ2n) is 6.76. The number of rotatable bonds is 6. The van der Waals surface area contributed by atoms with Crippen molar-refractivity contribution >= 4 is 23.2 Å². The molecule has 29 heavy (non-hydrogen) atoms. The summed E-state index contributed by atoms with van der Waals surface area (Å²) in [4.78, 5) is 25.6. The lowest BCUT2D eigenvalue weighted by atomic mass is 10.1. The maximum Gasteiger partial charge on any atom is 0.271 e. The first-order chi connectivity index (χ1) is 13.9. The summed E-state index contributed by atoms with van der Waals surface area (Å²) in [5, 5.41) is 7.65. The van der Waals surface area contributed by atoms with E-state index in [-0.39, 0.29) is 11.5 Å². The van der Waals surface area contributed by atoms with Crippen LogP contribution in [0, 0.1) is 6.92 Å². The average Bonchev–Trinajstić information content (AvgIpc) is 2.71. The van der Waals surface area contributed by atoms with Crippen LogP contribution in [0.15, 0.2) is 59.4 Å². The number of hydrogen-bond acceptors (Lipinski definition) is 4. The van der Waals surface area contributed by atoms with Crippen LogP contribution in [0.25, 0.3) is 0 Å². The number of anilines is 1. The molecule has 6 nitrogen and oxygen atoms in total. The fraction of sp³-hybridized carbons (Fsp3) is 0.227. The Morgan fingerprint density at radius 1 is 1.21 bits per heavy atom. The third kappa shape index (κ3) is 5.03. The van der Waals surface area contributed by atoms with Crippen LogP contribution in [-0.4, -0.2) is 22.8 Å². The van der Waals surface area contributed by atoms with Gasteiger partial charge in [0.05, 0.1) is 12.8 Å². The topological polar surface area (TPSA) is 73.2 Å². The van der Waals surface area contributed by atoms with E-state index in [1.165, 1.54) is 4.68 Å². The molecule has 0 fully saturated rings. The molecule has 0 radical (unpaired) electrons. The number of nitrogens with zero attached hydrogens (tertiary/aromatic N) is 2. The monoisotopic (exact) mass is 411 g/mol. The highest BCUT2D eigenvalue weighted by molar-refractivity contribution is 6.30. The lowest BCUT2D eigenvalue weighted by Gasteiger charge is -2.16. The lowest BCUT2D eigenvalue weighted by Crippen LogP contribution is -2.35. The van der Waals surface area contributed by atoms with Crippen molar-refractivity contribution in [3.8, 4) is 5.75 Å². The van der Waals surface area contributed by atoms with Gasteiger partial charge in [-0.3, -0.25) is 9.59 Å². The second kappa shape index (κ2) is 8.92. The molecule has 1 aromatic heterocycles. The summed E-state index contributed by atoms with van der Waals surface area (Å²) in [5.74, 6) is 0.393. The molecule has 1 amide bonds. The number of halogens is 1. The van der Waals surface area contributed by atoms with Crippen LogP contribution in [0.5, 0.6) is 5.75 Å². The molecular formula is C22H22ClN3O3. The molecule has 150 valence electrons. The summed E-state index contributed by atoms with van der Waals surface area (Å²) in [5.41, 5.74) is 2.48. The summed E-state index contributed by atoms with van der Waals surface area (Å²) in [6.07, 6.45) is 0.422. The molecule has 1 heterocycles. The second-order valence-corrected chi connectivity index (χ2v) is 7.20. The number of aromatic nitrogens is 2. The van der Waals surface area contributed by atoms with Crippen LogP contribution >= 0.6 is 11.6 Å². The number of benzene rings is 2. The Labute approximate surface area is 174 Å². The van der Waals surface area contributed by atoms with Gasteiger partial charge < -0.3 is 10.1 Å². The summed E-state index contributed by atoms with van der Waals surface area (Å²) in [7, 11) is 1.60. The van der Waals surface area contributed by atoms with Crippen molar-refractivity contribution in [2.24, 2.45) is 0 Å². The molecular weight excluding hydrogens is 390 g/mol. The number of ether oxygens (including phenoxy) is 1. The van der Waals surface area contributed by atoms with Crippen LogP contribution in [0.3, 0.4) is 0 Å². The zero-order chi connectivity index (χ0) is 21.0. The Morgan fingerprint density at radius 2 is 1.93 bits per heavy atom. The number of aryl methyl sites for hydroxylation is 1. The summed E-state index contributed by atoms with van der Waals surface area (Å²) < 4.78 is 6.48. The van der Waals surface area contributed by atoms with Crippen molar-refractivity contribution in [2.75, 3.05) is 12.4 Å². The predicted molar refractivity (Wildman–Crippen MR) is 114 cm³/mol. The van der Waals surface area contributed by atoms with E-state index in [1.54, 1.807) is 51.3 Å². The molecule has 0 aliphatic heterocycles. The third-order valence-electron chi connectivity index (χ3n) is 4.52. The first-order valence-electron chi connectivity index (χ1n) is 9.16. The van der Waals surface area contributed by atoms with Crippen molar-refractivity contribution in [1.29, 1.82) is 0 Å². The van der Waals surface area contributed by atoms with Gasteiger partial charge in [-0.25, -0.2) is 4.68 Å². The molecule has 0 aliphatic rings. The van der Waals surface area contributed by atoms with Gasteiger partial charge in [0.25, 0.3) is 5.56 Å². The number of carbonyl (C=O) groups excluding carboxylic acids is 1. The predicted octanol–water partition coefficient (Wildman–Crippen LogP) is 4.00. The van der Waals surface area contributed by atoms with Crippen LogP contribution < -0.4 is 15.6 Å². The molecule has 3 rings (SSSR count). The quantitative estimate of drug-likeness (QED) is 0.665. The first-order valence-corrected chi connectivity index (χ1v) is 9.54. The van der Waals surface area contributed by atoms with Gasteiger partial charge in [0.1, 0.15) is 11.8 Å². The van der Waals surface area contributed by atoms with Crippen LogP contribution in [0.2, 0.25) is 5.02 Å².